The number of hydrogen-bond acceptors (Lipinski definition) is 4. The van der Waals surface area contributed by atoms with Crippen LogP contribution in [0, 0.1) is 5.92 Å². The van der Waals surface area contributed by atoms with Gasteiger partial charge in [-0.1, -0.05) is 42.0 Å². The summed E-state index contributed by atoms with van der Waals surface area (Å²) in [6.07, 6.45) is 1.57. The fourth-order valence-corrected chi connectivity index (χ4v) is 4.95. The monoisotopic (exact) mass is 506 g/mol. The molecule has 2 heterocycles. The van der Waals surface area contributed by atoms with Crippen molar-refractivity contribution in [1.82, 2.24) is 15.1 Å². The minimum absolute atomic E-state index is 0.146. The molecule has 7 nitrogen and oxygen atoms in total. The van der Waals surface area contributed by atoms with Crippen LogP contribution in [0.4, 0.5) is 19.0 Å². The van der Waals surface area contributed by atoms with Gasteiger partial charge in [-0.3, -0.25) is 4.79 Å². The van der Waals surface area contributed by atoms with E-state index in [0.29, 0.717) is 37.4 Å². The Bertz CT molecular complexity index is 1250. The Morgan fingerprint density at radius 3 is 2.49 bits per heavy atom. The van der Waals surface area contributed by atoms with E-state index in [4.69, 9.17) is 16.7 Å². The molecule has 0 spiro atoms. The van der Waals surface area contributed by atoms with E-state index in [0.717, 1.165) is 5.56 Å². The normalized spacial score (nSPS) is 20.4. The van der Waals surface area contributed by atoms with Gasteiger partial charge in [0.1, 0.15) is 11.4 Å². The molecular formula is C24H22ClF3N4O3. The van der Waals surface area contributed by atoms with Crippen molar-refractivity contribution in [3.05, 3.63) is 69.9 Å². The van der Waals surface area contributed by atoms with E-state index in [2.05, 4.69) is 10.4 Å². The largest absolute Gasteiger partial charge is 0.478 e. The van der Waals surface area contributed by atoms with Crippen molar-refractivity contribution in [3.63, 3.8) is 0 Å². The summed E-state index contributed by atoms with van der Waals surface area (Å²) >= 11 is 5.94. The third-order valence-corrected chi connectivity index (χ3v) is 7.05. The number of anilines is 1. The fraction of sp³-hybridized carbons (Fsp3) is 0.375. The summed E-state index contributed by atoms with van der Waals surface area (Å²) in [7, 11) is 0. The molecule has 0 bridgehead atoms. The molecule has 184 valence electrons. The number of hydrogen-bond donors (Lipinski definition) is 2. The first kappa shape index (κ1) is 23.5. The zero-order chi connectivity index (χ0) is 25.0. The highest BCUT2D eigenvalue weighted by Gasteiger charge is 2.52. The maximum atomic E-state index is 13.9. The molecule has 2 N–H and O–H groups in total. The lowest BCUT2D eigenvalue weighted by molar-refractivity contribution is -0.141. The quantitative estimate of drug-likeness (QED) is 0.605. The molecule has 0 radical (unpaired) electrons. The van der Waals surface area contributed by atoms with Crippen molar-refractivity contribution >= 4 is 29.3 Å². The first-order valence-electron chi connectivity index (χ1n) is 11.2. The second kappa shape index (κ2) is 8.44. The standard InChI is InChI=1S/C24H22ClF3N4O3/c25-17-7-1-14(2-8-17)13-31-11-12-32-21(31)18(19(30-32)24(26,27)28)20(33)29-23(9-10-23)16-5-3-15(4-6-16)22(34)35/h1-5,7-8,16H,6,9-13H2,(H,29,33)(H,34,35). The second-order valence-electron chi connectivity index (χ2n) is 9.09. The molecule has 1 aromatic carbocycles. The van der Waals surface area contributed by atoms with Crippen LogP contribution in [0.25, 0.3) is 0 Å². The van der Waals surface area contributed by atoms with E-state index in [1.54, 1.807) is 41.3 Å². The number of carbonyl (C=O) groups excluding carboxylic acids is 1. The zero-order valence-corrected chi connectivity index (χ0v) is 19.2. The Labute approximate surface area is 203 Å². The molecule has 2 aromatic rings. The molecule has 1 atom stereocenters. The van der Waals surface area contributed by atoms with E-state index in [1.165, 1.54) is 10.8 Å². The van der Waals surface area contributed by atoms with Gasteiger partial charge >= 0.3 is 12.1 Å². The van der Waals surface area contributed by atoms with Crippen molar-refractivity contribution in [2.75, 3.05) is 11.4 Å². The summed E-state index contributed by atoms with van der Waals surface area (Å²) in [6.45, 7) is 0.959. The van der Waals surface area contributed by atoms with E-state index in [1.807, 2.05) is 0 Å². The average Bonchev–Trinajstić information content (AvgIpc) is 3.31. The van der Waals surface area contributed by atoms with Crippen LogP contribution >= 0.6 is 11.6 Å². The van der Waals surface area contributed by atoms with Crippen molar-refractivity contribution in [1.29, 1.82) is 0 Å². The number of benzene rings is 1. The zero-order valence-electron chi connectivity index (χ0n) is 18.5. The number of carbonyl (C=O) groups is 2. The Hall–Kier alpha value is -3.27. The first-order chi connectivity index (χ1) is 16.6. The van der Waals surface area contributed by atoms with Gasteiger partial charge in [-0.15, -0.1) is 0 Å². The minimum Gasteiger partial charge on any atom is -0.478 e. The molecule has 1 amide bonds. The van der Waals surface area contributed by atoms with Crippen LogP contribution in [0.2, 0.25) is 5.02 Å². The number of allylic oxidation sites excluding steroid dienone is 1. The minimum atomic E-state index is -4.80. The molecule has 35 heavy (non-hydrogen) atoms. The molecule has 2 aliphatic carbocycles. The predicted molar refractivity (Wildman–Crippen MR) is 122 cm³/mol. The predicted octanol–water partition coefficient (Wildman–Crippen LogP) is 4.43. The number of nitrogens with one attached hydrogen (secondary N) is 1. The highest BCUT2D eigenvalue weighted by Crippen LogP contribution is 2.47. The number of aromatic nitrogens is 2. The number of fused-ring (bicyclic) bond motifs is 1. The molecule has 1 aromatic heterocycles. The Morgan fingerprint density at radius 2 is 1.91 bits per heavy atom. The summed E-state index contributed by atoms with van der Waals surface area (Å²) in [5.74, 6) is -1.91. The van der Waals surface area contributed by atoms with Crippen LogP contribution < -0.4 is 10.2 Å². The van der Waals surface area contributed by atoms with Crippen LogP contribution in [0.1, 0.15) is 40.9 Å². The highest BCUT2D eigenvalue weighted by molar-refractivity contribution is 6.30. The lowest BCUT2D eigenvalue weighted by Gasteiger charge is -2.27. The molecule has 5 rings (SSSR count). The summed E-state index contributed by atoms with van der Waals surface area (Å²) < 4.78 is 43.0. The van der Waals surface area contributed by atoms with Gasteiger partial charge in [0.15, 0.2) is 5.69 Å². The van der Waals surface area contributed by atoms with Gasteiger partial charge in [0.25, 0.3) is 5.91 Å². The van der Waals surface area contributed by atoms with Crippen LogP contribution in [0.3, 0.4) is 0 Å². The van der Waals surface area contributed by atoms with Gasteiger partial charge < -0.3 is 15.3 Å². The third kappa shape index (κ3) is 4.42. The van der Waals surface area contributed by atoms with E-state index >= 15 is 0 Å². The van der Waals surface area contributed by atoms with Gasteiger partial charge in [0.2, 0.25) is 0 Å². The molecule has 1 unspecified atom stereocenters. The summed E-state index contributed by atoms with van der Waals surface area (Å²) in [5.41, 5.74) is -1.37. The number of alkyl halides is 3. The van der Waals surface area contributed by atoms with Gasteiger partial charge in [0, 0.05) is 29.6 Å². The number of aliphatic carboxylic acids is 1. The first-order valence-corrected chi connectivity index (χ1v) is 11.6. The number of nitrogens with zero attached hydrogens (tertiary/aromatic N) is 3. The molecule has 1 saturated carbocycles. The van der Waals surface area contributed by atoms with Crippen LogP contribution in [0.5, 0.6) is 0 Å². The van der Waals surface area contributed by atoms with Gasteiger partial charge in [-0.05, 0) is 37.0 Å². The van der Waals surface area contributed by atoms with Crippen LogP contribution in [-0.2, 0) is 24.1 Å². The van der Waals surface area contributed by atoms with Crippen LogP contribution in [0.15, 0.2) is 48.1 Å². The maximum Gasteiger partial charge on any atom is 0.436 e. The van der Waals surface area contributed by atoms with Crippen LogP contribution in [-0.4, -0.2) is 38.8 Å². The summed E-state index contributed by atoms with van der Waals surface area (Å²) in [6, 6.07) is 6.99. The van der Waals surface area contributed by atoms with Gasteiger partial charge in [-0.2, -0.15) is 18.3 Å². The molecule has 3 aliphatic rings. The highest BCUT2D eigenvalue weighted by atomic mass is 35.5. The Balaban J connectivity index is 1.43. The van der Waals surface area contributed by atoms with Gasteiger partial charge in [-0.25, -0.2) is 9.48 Å². The lowest BCUT2D eigenvalue weighted by Crippen LogP contribution is -2.43. The summed E-state index contributed by atoms with van der Waals surface area (Å²) in [4.78, 5) is 26.3. The second-order valence-corrected chi connectivity index (χ2v) is 9.53. The number of carboxylic acid groups (broad SMARTS) is 1. The average molecular weight is 507 g/mol. The van der Waals surface area contributed by atoms with Crippen molar-refractivity contribution < 1.29 is 27.9 Å². The molecule has 11 heteroatoms. The number of rotatable bonds is 6. The molecule has 1 aliphatic heterocycles. The number of carboxylic acids is 1. The molecule has 0 saturated heterocycles. The smallest absolute Gasteiger partial charge is 0.436 e. The lowest BCUT2D eigenvalue weighted by atomic mass is 9.88. The molecule has 1 fully saturated rings. The number of amides is 1. The van der Waals surface area contributed by atoms with E-state index in [9.17, 15) is 22.8 Å². The SMILES string of the molecule is O=C(O)C1=CCC(C2(NC(=O)c3c(C(F)(F)F)nn4c3N(Cc3ccc(Cl)cc3)CC4)CC2)C=C1. The Kier molecular flexibility index (Phi) is 5.66. The number of halogens is 4. The van der Waals surface area contributed by atoms with E-state index in [-0.39, 0.29) is 23.9 Å². The van der Waals surface area contributed by atoms with Gasteiger partial charge in [0.05, 0.1) is 12.1 Å². The van der Waals surface area contributed by atoms with Crippen molar-refractivity contribution in [2.45, 2.75) is 44.1 Å². The molecular weight excluding hydrogens is 485 g/mol. The topological polar surface area (TPSA) is 87.5 Å². The Morgan fingerprint density at radius 1 is 1.20 bits per heavy atom. The third-order valence-electron chi connectivity index (χ3n) is 6.80. The van der Waals surface area contributed by atoms with Crippen molar-refractivity contribution in [3.8, 4) is 0 Å². The summed E-state index contributed by atoms with van der Waals surface area (Å²) in [5, 5.41) is 16.3. The van der Waals surface area contributed by atoms with Crippen molar-refractivity contribution in [2.24, 2.45) is 5.92 Å². The van der Waals surface area contributed by atoms with E-state index < -0.39 is 34.8 Å². The fourth-order valence-electron chi connectivity index (χ4n) is 4.82. The maximum absolute atomic E-state index is 13.9.